The summed E-state index contributed by atoms with van der Waals surface area (Å²) in [6.45, 7) is 0.554. The maximum Gasteiger partial charge on any atom is 0.342 e. The minimum absolute atomic E-state index is 0.108. The lowest BCUT2D eigenvalue weighted by atomic mass is 10.1. The van der Waals surface area contributed by atoms with Crippen molar-refractivity contribution in [3.8, 4) is 11.6 Å². The molecule has 1 aromatic heterocycles. The number of carbonyl (C=O) groups is 1. The number of aromatic nitrogens is 2. The summed E-state index contributed by atoms with van der Waals surface area (Å²) in [5, 5.41) is 13.4. The number of benzene rings is 1. The van der Waals surface area contributed by atoms with E-state index in [4.69, 9.17) is 4.74 Å². The van der Waals surface area contributed by atoms with E-state index >= 15 is 0 Å². The molecular weight excluding hydrogens is 268 g/mol. The van der Waals surface area contributed by atoms with Crippen LogP contribution in [0.3, 0.4) is 0 Å². The number of carboxylic acid groups (broad SMARTS) is 1. The standard InChI is InChI=1S/C16H18N2O3/c19-16(20)14-10-17-18(13-8-2-1-3-9-13)15(14)21-11-12-6-4-5-7-12/h1-3,8-10,12H,4-7,11H2,(H,19,20). The quantitative estimate of drug-likeness (QED) is 0.917. The molecule has 1 saturated carbocycles. The van der Waals surface area contributed by atoms with Gasteiger partial charge in [0, 0.05) is 0 Å². The van der Waals surface area contributed by atoms with Crippen molar-refractivity contribution >= 4 is 5.97 Å². The van der Waals surface area contributed by atoms with Crippen LogP contribution in [0.4, 0.5) is 0 Å². The highest BCUT2D eigenvalue weighted by atomic mass is 16.5. The van der Waals surface area contributed by atoms with Crippen molar-refractivity contribution in [3.05, 3.63) is 42.1 Å². The first kappa shape index (κ1) is 13.7. The predicted octanol–water partition coefficient (Wildman–Crippen LogP) is 3.14. The molecule has 1 aromatic carbocycles. The van der Waals surface area contributed by atoms with Gasteiger partial charge in [-0.1, -0.05) is 31.0 Å². The Kier molecular flexibility index (Phi) is 3.90. The van der Waals surface area contributed by atoms with Crippen LogP contribution in [-0.4, -0.2) is 27.5 Å². The fourth-order valence-electron chi connectivity index (χ4n) is 2.75. The Hall–Kier alpha value is -2.30. The molecule has 0 atom stereocenters. The van der Waals surface area contributed by atoms with E-state index in [0.29, 0.717) is 18.4 Å². The lowest BCUT2D eigenvalue weighted by Gasteiger charge is -2.13. The minimum atomic E-state index is -1.02. The Morgan fingerprint density at radius 1 is 1.29 bits per heavy atom. The first-order chi connectivity index (χ1) is 10.3. The maximum atomic E-state index is 11.3. The molecule has 1 aliphatic carbocycles. The highest BCUT2D eigenvalue weighted by molar-refractivity contribution is 5.90. The Bertz CT molecular complexity index is 616. The summed E-state index contributed by atoms with van der Waals surface area (Å²) in [7, 11) is 0. The summed E-state index contributed by atoms with van der Waals surface area (Å²) in [6.07, 6.45) is 6.12. The molecule has 0 amide bonds. The second kappa shape index (κ2) is 5.99. The van der Waals surface area contributed by atoms with Crippen molar-refractivity contribution in [1.82, 2.24) is 9.78 Å². The van der Waals surface area contributed by atoms with Crippen LogP contribution in [-0.2, 0) is 0 Å². The molecule has 1 fully saturated rings. The van der Waals surface area contributed by atoms with Gasteiger partial charge in [0.25, 0.3) is 0 Å². The molecule has 1 heterocycles. The molecule has 21 heavy (non-hydrogen) atoms. The molecular formula is C16H18N2O3. The van der Waals surface area contributed by atoms with Crippen LogP contribution in [0.25, 0.3) is 5.69 Å². The number of hydrogen-bond acceptors (Lipinski definition) is 3. The van der Waals surface area contributed by atoms with E-state index in [2.05, 4.69) is 5.10 Å². The number of para-hydroxylation sites is 1. The van der Waals surface area contributed by atoms with Crippen LogP contribution in [0.1, 0.15) is 36.0 Å². The van der Waals surface area contributed by atoms with Gasteiger partial charge < -0.3 is 9.84 Å². The average molecular weight is 286 g/mol. The largest absolute Gasteiger partial charge is 0.477 e. The Balaban J connectivity index is 1.87. The molecule has 0 saturated heterocycles. The molecule has 5 heteroatoms. The zero-order valence-corrected chi connectivity index (χ0v) is 11.7. The van der Waals surface area contributed by atoms with Crippen LogP contribution in [0.5, 0.6) is 5.88 Å². The summed E-state index contributed by atoms with van der Waals surface area (Å²) < 4.78 is 7.38. The van der Waals surface area contributed by atoms with E-state index in [9.17, 15) is 9.90 Å². The first-order valence-electron chi connectivity index (χ1n) is 7.25. The van der Waals surface area contributed by atoms with Crippen molar-refractivity contribution in [3.63, 3.8) is 0 Å². The molecule has 0 aliphatic heterocycles. The van der Waals surface area contributed by atoms with E-state index < -0.39 is 5.97 Å². The third-order valence-electron chi connectivity index (χ3n) is 3.89. The summed E-state index contributed by atoms with van der Waals surface area (Å²) in [4.78, 5) is 11.3. The zero-order chi connectivity index (χ0) is 14.7. The number of hydrogen-bond donors (Lipinski definition) is 1. The van der Waals surface area contributed by atoms with Crippen LogP contribution >= 0.6 is 0 Å². The fourth-order valence-corrected chi connectivity index (χ4v) is 2.75. The molecule has 110 valence electrons. The molecule has 0 radical (unpaired) electrons. The highest BCUT2D eigenvalue weighted by Crippen LogP contribution is 2.28. The van der Waals surface area contributed by atoms with Crippen LogP contribution in [0, 0.1) is 5.92 Å². The summed E-state index contributed by atoms with van der Waals surface area (Å²) >= 11 is 0. The monoisotopic (exact) mass is 286 g/mol. The number of aromatic carboxylic acids is 1. The summed E-state index contributed by atoms with van der Waals surface area (Å²) in [5.74, 6) is -0.176. The molecule has 5 nitrogen and oxygen atoms in total. The van der Waals surface area contributed by atoms with Crippen molar-refractivity contribution in [2.45, 2.75) is 25.7 Å². The molecule has 0 unspecified atom stereocenters. The van der Waals surface area contributed by atoms with E-state index in [-0.39, 0.29) is 5.56 Å². The normalized spacial score (nSPS) is 15.2. The minimum Gasteiger partial charge on any atom is -0.477 e. The predicted molar refractivity (Wildman–Crippen MR) is 78.0 cm³/mol. The lowest BCUT2D eigenvalue weighted by molar-refractivity contribution is 0.0691. The van der Waals surface area contributed by atoms with Gasteiger partial charge in [-0.25, -0.2) is 9.48 Å². The molecule has 1 N–H and O–H groups in total. The smallest absolute Gasteiger partial charge is 0.342 e. The van der Waals surface area contributed by atoms with Gasteiger partial charge in [0.05, 0.1) is 18.5 Å². The summed E-state index contributed by atoms with van der Waals surface area (Å²) in [5.41, 5.74) is 0.906. The second-order valence-corrected chi connectivity index (χ2v) is 5.38. The molecule has 0 bridgehead atoms. The van der Waals surface area contributed by atoms with E-state index in [1.165, 1.54) is 19.0 Å². The number of rotatable bonds is 5. The van der Waals surface area contributed by atoms with Crippen molar-refractivity contribution in [2.75, 3.05) is 6.61 Å². The first-order valence-corrected chi connectivity index (χ1v) is 7.25. The molecule has 0 spiro atoms. The topological polar surface area (TPSA) is 64.3 Å². The van der Waals surface area contributed by atoms with Gasteiger partial charge in [-0.05, 0) is 30.9 Å². The van der Waals surface area contributed by atoms with Gasteiger partial charge in [0.15, 0.2) is 0 Å². The van der Waals surface area contributed by atoms with Gasteiger partial charge in [-0.2, -0.15) is 5.10 Å². The lowest BCUT2D eigenvalue weighted by Crippen LogP contribution is -2.13. The highest BCUT2D eigenvalue weighted by Gasteiger charge is 2.22. The second-order valence-electron chi connectivity index (χ2n) is 5.38. The van der Waals surface area contributed by atoms with Crippen LogP contribution in [0.15, 0.2) is 36.5 Å². The summed E-state index contributed by atoms with van der Waals surface area (Å²) in [6, 6.07) is 9.43. The van der Waals surface area contributed by atoms with Gasteiger partial charge >= 0.3 is 5.97 Å². The van der Waals surface area contributed by atoms with Gasteiger partial charge in [-0.15, -0.1) is 0 Å². The number of carboxylic acids is 1. The number of ether oxygens (including phenoxy) is 1. The fraction of sp³-hybridized carbons (Fsp3) is 0.375. The zero-order valence-electron chi connectivity index (χ0n) is 11.7. The van der Waals surface area contributed by atoms with E-state index in [1.54, 1.807) is 4.68 Å². The number of nitrogens with zero attached hydrogens (tertiary/aromatic N) is 2. The van der Waals surface area contributed by atoms with Gasteiger partial charge in [0.2, 0.25) is 5.88 Å². The van der Waals surface area contributed by atoms with E-state index in [1.807, 2.05) is 30.3 Å². The van der Waals surface area contributed by atoms with Gasteiger partial charge in [-0.3, -0.25) is 0 Å². The van der Waals surface area contributed by atoms with Gasteiger partial charge in [0.1, 0.15) is 5.56 Å². The molecule has 3 rings (SSSR count). The molecule has 1 aliphatic rings. The third-order valence-corrected chi connectivity index (χ3v) is 3.89. The Labute approximate surface area is 123 Å². The van der Waals surface area contributed by atoms with E-state index in [0.717, 1.165) is 18.5 Å². The van der Waals surface area contributed by atoms with Crippen molar-refractivity contribution < 1.29 is 14.6 Å². The van der Waals surface area contributed by atoms with Crippen LogP contribution < -0.4 is 4.74 Å². The Morgan fingerprint density at radius 3 is 2.67 bits per heavy atom. The Morgan fingerprint density at radius 2 is 2.00 bits per heavy atom. The average Bonchev–Trinajstić information content (AvgIpc) is 3.15. The third kappa shape index (κ3) is 2.91. The SMILES string of the molecule is O=C(O)c1cnn(-c2ccccc2)c1OCC1CCCC1. The van der Waals surface area contributed by atoms with Crippen molar-refractivity contribution in [2.24, 2.45) is 5.92 Å². The maximum absolute atomic E-state index is 11.3. The van der Waals surface area contributed by atoms with Crippen LogP contribution in [0.2, 0.25) is 0 Å². The van der Waals surface area contributed by atoms with Crippen molar-refractivity contribution in [1.29, 1.82) is 0 Å². The molecule has 2 aromatic rings.